The van der Waals surface area contributed by atoms with Gasteiger partial charge in [-0.2, -0.15) is 0 Å². The molecule has 1 aromatic rings. The molecule has 2 fully saturated rings. The molecule has 2 saturated heterocycles. The van der Waals surface area contributed by atoms with Gasteiger partial charge in [0.05, 0.1) is 12.7 Å². The molecule has 2 atom stereocenters. The number of hydrogen-bond donors (Lipinski definition) is 1. The Labute approximate surface area is 186 Å². The molecule has 0 spiro atoms. The summed E-state index contributed by atoms with van der Waals surface area (Å²) in [7, 11) is 6.00. The molecule has 0 aromatic heterocycles. The number of aryl methyl sites for hydroxylation is 1. The van der Waals surface area contributed by atoms with E-state index in [2.05, 4.69) is 58.5 Å². The minimum atomic E-state index is 0. The van der Waals surface area contributed by atoms with Gasteiger partial charge in [0, 0.05) is 53.1 Å². The maximum atomic E-state index is 5.94. The van der Waals surface area contributed by atoms with Crippen LogP contribution in [0.5, 0.6) is 0 Å². The van der Waals surface area contributed by atoms with E-state index in [1.54, 1.807) is 0 Å². The van der Waals surface area contributed by atoms with E-state index in [1.165, 1.54) is 11.3 Å². The topological polar surface area (TPSA) is 49.3 Å². The molecular weight excluding hydrogens is 467 g/mol. The standard InChI is InChI=1S/C21H34N4O2.HI/c1-22-21(25-13-15-27-20(16-25)19-7-5-14-26-19)23-12-4-6-17-8-10-18(11-9-17)24(2)3;/h8-11,19-20H,4-7,12-16H2,1-3H3,(H,22,23);1H. The number of halogens is 1. The van der Waals surface area contributed by atoms with Crippen LogP contribution in [0, 0.1) is 0 Å². The van der Waals surface area contributed by atoms with Crippen molar-refractivity contribution in [3.63, 3.8) is 0 Å². The number of morpholine rings is 1. The van der Waals surface area contributed by atoms with Crippen molar-refractivity contribution in [3.8, 4) is 0 Å². The number of ether oxygens (including phenoxy) is 2. The Morgan fingerprint density at radius 3 is 2.57 bits per heavy atom. The van der Waals surface area contributed by atoms with Gasteiger partial charge in [0.1, 0.15) is 6.10 Å². The van der Waals surface area contributed by atoms with Gasteiger partial charge in [0.25, 0.3) is 0 Å². The quantitative estimate of drug-likeness (QED) is 0.281. The highest BCUT2D eigenvalue weighted by Gasteiger charge is 2.32. The number of hydrogen-bond acceptors (Lipinski definition) is 4. The van der Waals surface area contributed by atoms with Crippen molar-refractivity contribution in [2.75, 3.05) is 58.9 Å². The lowest BCUT2D eigenvalue weighted by atomic mass is 10.1. The highest BCUT2D eigenvalue weighted by molar-refractivity contribution is 14.0. The van der Waals surface area contributed by atoms with E-state index in [0.29, 0.717) is 0 Å². The minimum Gasteiger partial charge on any atom is -0.378 e. The van der Waals surface area contributed by atoms with Crippen LogP contribution in [-0.2, 0) is 15.9 Å². The van der Waals surface area contributed by atoms with Crippen molar-refractivity contribution in [1.82, 2.24) is 10.2 Å². The summed E-state index contributed by atoms with van der Waals surface area (Å²) in [6.07, 6.45) is 4.81. The van der Waals surface area contributed by atoms with Gasteiger partial charge in [-0.05, 0) is 43.4 Å². The summed E-state index contributed by atoms with van der Waals surface area (Å²) in [5.41, 5.74) is 2.62. The Bertz CT molecular complexity index is 603. The zero-order chi connectivity index (χ0) is 19.1. The SMILES string of the molecule is CN=C(NCCCc1ccc(N(C)C)cc1)N1CCOC(C2CCCO2)C1.I. The van der Waals surface area contributed by atoms with E-state index >= 15 is 0 Å². The van der Waals surface area contributed by atoms with Crippen LogP contribution in [0.15, 0.2) is 29.3 Å². The van der Waals surface area contributed by atoms with Gasteiger partial charge in [0.2, 0.25) is 0 Å². The Hall–Kier alpha value is -1.06. The number of anilines is 1. The van der Waals surface area contributed by atoms with E-state index in [4.69, 9.17) is 9.47 Å². The zero-order valence-electron chi connectivity index (χ0n) is 17.4. The van der Waals surface area contributed by atoms with Gasteiger partial charge in [-0.15, -0.1) is 24.0 Å². The van der Waals surface area contributed by atoms with Gasteiger partial charge >= 0.3 is 0 Å². The molecule has 1 N–H and O–H groups in total. The third-order valence-electron chi connectivity index (χ3n) is 5.36. The molecule has 28 heavy (non-hydrogen) atoms. The Balaban J connectivity index is 0.00000280. The lowest BCUT2D eigenvalue weighted by Crippen LogP contribution is -2.53. The van der Waals surface area contributed by atoms with Crippen molar-refractivity contribution >= 4 is 35.6 Å². The van der Waals surface area contributed by atoms with Crippen molar-refractivity contribution in [1.29, 1.82) is 0 Å². The fourth-order valence-electron chi connectivity index (χ4n) is 3.77. The highest BCUT2D eigenvalue weighted by atomic mass is 127. The second-order valence-corrected chi connectivity index (χ2v) is 7.55. The van der Waals surface area contributed by atoms with Crippen LogP contribution in [0.3, 0.4) is 0 Å². The van der Waals surface area contributed by atoms with E-state index in [0.717, 1.165) is 64.5 Å². The van der Waals surface area contributed by atoms with Crippen molar-refractivity contribution in [3.05, 3.63) is 29.8 Å². The molecule has 2 unspecified atom stereocenters. The Morgan fingerprint density at radius 2 is 1.93 bits per heavy atom. The molecule has 0 amide bonds. The molecule has 3 rings (SSSR count). The lowest BCUT2D eigenvalue weighted by Gasteiger charge is -2.37. The van der Waals surface area contributed by atoms with Crippen molar-refractivity contribution in [2.24, 2.45) is 4.99 Å². The van der Waals surface area contributed by atoms with Gasteiger partial charge < -0.3 is 24.6 Å². The van der Waals surface area contributed by atoms with Gasteiger partial charge in [0.15, 0.2) is 5.96 Å². The predicted octanol–water partition coefficient (Wildman–Crippen LogP) is 2.76. The van der Waals surface area contributed by atoms with Crippen LogP contribution in [0.25, 0.3) is 0 Å². The summed E-state index contributed by atoms with van der Waals surface area (Å²) in [6, 6.07) is 8.80. The van der Waals surface area contributed by atoms with E-state index < -0.39 is 0 Å². The predicted molar refractivity (Wildman–Crippen MR) is 126 cm³/mol. The smallest absolute Gasteiger partial charge is 0.193 e. The highest BCUT2D eigenvalue weighted by Crippen LogP contribution is 2.21. The van der Waals surface area contributed by atoms with Gasteiger partial charge in [-0.1, -0.05) is 12.1 Å². The minimum absolute atomic E-state index is 0. The maximum absolute atomic E-state index is 5.94. The Kier molecular flexibility index (Phi) is 9.81. The van der Waals surface area contributed by atoms with Crippen LogP contribution < -0.4 is 10.2 Å². The first kappa shape index (κ1) is 23.2. The van der Waals surface area contributed by atoms with Crippen LogP contribution in [-0.4, -0.2) is 77.1 Å². The van der Waals surface area contributed by atoms with Gasteiger partial charge in [-0.3, -0.25) is 4.99 Å². The van der Waals surface area contributed by atoms with Crippen LogP contribution >= 0.6 is 24.0 Å². The van der Waals surface area contributed by atoms with E-state index in [9.17, 15) is 0 Å². The largest absolute Gasteiger partial charge is 0.378 e. The van der Waals surface area contributed by atoms with Crippen LogP contribution in [0.4, 0.5) is 5.69 Å². The summed E-state index contributed by atoms with van der Waals surface area (Å²) in [6.45, 7) is 4.27. The fourth-order valence-corrected chi connectivity index (χ4v) is 3.77. The normalized spacial score (nSPS) is 22.7. The fraction of sp³-hybridized carbons (Fsp3) is 0.667. The Morgan fingerprint density at radius 1 is 1.18 bits per heavy atom. The first-order valence-electron chi connectivity index (χ1n) is 10.1. The average Bonchev–Trinajstić information content (AvgIpc) is 3.23. The monoisotopic (exact) mass is 502 g/mol. The van der Waals surface area contributed by atoms with Gasteiger partial charge in [-0.25, -0.2) is 0 Å². The number of guanidine groups is 1. The number of benzene rings is 1. The molecule has 7 heteroatoms. The lowest BCUT2D eigenvalue weighted by molar-refractivity contribution is -0.0816. The summed E-state index contributed by atoms with van der Waals surface area (Å²) >= 11 is 0. The molecule has 2 aliphatic heterocycles. The first-order valence-corrected chi connectivity index (χ1v) is 10.1. The van der Waals surface area contributed by atoms with Crippen molar-refractivity contribution < 1.29 is 9.47 Å². The molecule has 0 bridgehead atoms. The molecule has 2 heterocycles. The second-order valence-electron chi connectivity index (χ2n) is 7.55. The molecule has 0 aliphatic carbocycles. The number of nitrogens with zero attached hydrogens (tertiary/aromatic N) is 3. The number of aliphatic imine (C=N–C) groups is 1. The number of nitrogens with one attached hydrogen (secondary N) is 1. The molecule has 0 radical (unpaired) electrons. The molecular formula is C21H35IN4O2. The summed E-state index contributed by atoms with van der Waals surface area (Å²) < 4.78 is 11.8. The van der Waals surface area contributed by atoms with Crippen molar-refractivity contribution in [2.45, 2.75) is 37.9 Å². The maximum Gasteiger partial charge on any atom is 0.193 e. The van der Waals surface area contributed by atoms with E-state index in [-0.39, 0.29) is 36.2 Å². The van der Waals surface area contributed by atoms with E-state index in [1.807, 2.05) is 7.05 Å². The van der Waals surface area contributed by atoms with Crippen LogP contribution in [0.1, 0.15) is 24.8 Å². The molecule has 6 nitrogen and oxygen atoms in total. The summed E-state index contributed by atoms with van der Waals surface area (Å²) in [5, 5.41) is 3.52. The summed E-state index contributed by atoms with van der Waals surface area (Å²) in [4.78, 5) is 8.91. The molecule has 0 saturated carbocycles. The third-order valence-corrected chi connectivity index (χ3v) is 5.36. The number of rotatable bonds is 6. The average molecular weight is 502 g/mol. The first-order chi connectivity index (χ1) is 13.2. The molecule has 158 valence electrons. The molecule has 2 aliphatic rings. The molecule has 1 aromatic carbocycles. The van der Waals surface area contributed by atoms with Crippen LogP contribution in [0.2, 0.25) is 0 Å². The third kappa shape index (κ3) is 6.49. The summed E-state index contributed by atoms with van der Waals surface area (Å²) in [5.74, 6) is 0.976. The second kappa shape index (κ2) is 11.8. The zero-order valence-corrected chi connectivity index (χ0v) is 19.7.